The number of nitrogens with zero attached hydrogens (tertiary/aromatic N) is 10. The van der Waals surface area contributed by atoms with Crippen LogP contribution in [0.25, 0.3) is 33.1 Å². The lowest BCUT2D eigenvalue weighted by Gasteiger charge is -2.14. The number of aromatic nitrogens is 10. The van der Waals surface area contributed by atoms with Gasteiger partial charge in [-0.15, -0.1) is 0 Å². The molecule has 29 heteroatoms. The second-order valence-corrected chi connectivity index (χ2v) is 24.0. The van der Waals surface area contributed by atoms with Crippen molar-refractivity contribution in [2.24, 2.45) is 56.4 Å². The molecule has 0 spiro atoms. The van der Waals surface area contributed by atoms with E-state index >= 15 is 0 Å². The Morgan fingerprint density at radius 2 is 0.952 bits per heavy atom. The molecular weight excluding hydrogens is 1210 g/mol. The molecule has 4 N–H and O–H groups in total. The fraction of sp³-hybridized carbons (Fsp3) is 0.273. The topological polar surface area (TPSA) is 289 Å². The highest BCUT2D eigenvalue weighted by Crippen LogP contribution is 2.37. The number of anilines is 3. The molecule has 0 saturated carbocycles. The molecule has 5 aromatic heterocycles. The van der Waals surface area contributed by atoms with Crippen LogP contribution in [0, 0.1) is 13.8 Å². The molecule has 10 rings (SSSR count). The fourth-order valence-corrected chi connectivity index (χ4v) is 10.7. The van der Waals surface area contributed by atoms with Gasteiger partial charge in [-0.2, -0.15) is 8.42 Å². The van der Waals surface area contributed by atoms with Crippen molar-refractivity contribution in [3.05, 3.63) is 145 Å². The monoisotopic (exact) mass is 1280 g/mol. The van der Waals surface area contributed by atoms with Gasteiger partial charge in [-0.3, -0.25) is 36.9 Å². The van der Waals surface area contributed by atoms with Crippen LogP contribution in [0.2, 0.25) is 0 Å². The average Bonchev–Trinajstić information content (AvgIpc) is 2.96. The number of carbonyl (C=O) groups excluding carboxylic acids is 1. The van der Waals surface area contributed by atoms with Crippen molar-refractivity contribution < 1.29 is 40.6 Å². The molecule has 0 aliphatic rings. The predicted molar refractivity (Wildman–Crippen MR) is 326 cm³/mol. The predicted octanol–water partition coefficient (Wildman–Crippen LogP) is 7.81. The molecule has 0 unspecified atom stereocenters. The first-order chi connectivity index (χ1) is 39.4. The van der Waals surface area contributed by atoms with Crippen molar-refractivity contribution in [1.82, 2.24) is 46.5 Å². The number of sulfonamides is 1. The molecule has 0 fully saturated rings. The van der Waals surface area contributed by atoms with Gasteiger partial charge in [0.1, 0.15) is 34.6 Å². The van der Waals surface area contributed by atoms with Gasteiger partial charge in [0.25, 0.3) is 19.1 Å². The van der Waals surface area contributed by atoms with Gasteiger partial charge in [0.15, 0.2) is 21.6 Å². The number of imidazole rings is 5. The first-order valence-electron chi connectivity index (χ1n) is 25.5. The van der Waals surface area contributed by atoms with E-state index in [2.05, 4.69) is 35.9 Å². The van der Waals surface area contributed by atoms with Crippen LogP contribution in [0.5, 0.6) is 34.5 Å². The van der Waals surface area contributed by atoms with Gasteiger partial charge >= 0.3 is 17.1 Å². The van der Waals surface area contributed by atoms with Crippen LogP contribution in [0.3, 0.4) is 0 Å². The van der Waals surface area contributed by atoms with Crippen LogP contribution >= 0.6 is 26.6 Å². The number of nitrogens with one attached hydrogen (secondary N) is 2. The van der Waals surface area contributed by atoms with Crippen LogP contribution in [0.15, 0.2) is 126 Å². The van der Waals surface area contributed by atoms with Gasteiger partial charge in [-0.05, 0) is 92.2 Å². The number of halogens is 2. The number of amides is 1. The smallest absolute Gasteiger partial charge is 0.328 e. The number of nitrogen functional groups attached to an aromatic ring is 1. The quantitative estimate of drug-likeness (QED) is 0.0733. The Kier molecular flexibility index (Phi) is 19.0. The van der Waals surface area contributed by atoms with E-state index in [1.807, 2.05) is 38.1 Å². The molecule has 0 aliphatic heterocycles. The van der Waals surface area contributed by atoms with Crippen molar-refractivity contribution in [1.29, 1.82) is 0 Å². The first-order valence-corrected chi connectivity index (χ1v) is 30.1. The summed E-state index contributed by atoms with van der Waals surface area (Å²) in [6, 6.07) is 24.7. The summed E-state index contributed by atoms with van der Waals surface area (Å²) in [5.41, 5.74) is 11.2. The zero-order valence-corrected chi connectivity index (χ0v) is 52.1. The zero-order valence-electron chi connectivity index (χ0n) is 48.2. The molecule has 5 aromatic carbocycles. The Hall–Kier alpha value is -8.73. The molecule has 1 amide bonds. The van der Waals surface area contributed by atoms with E-state index in [0.29, 0.717) is 70.3 Å². The third-order valence-electron chi connectivity index (χ3n) is 13.1. The lowest BCUT2D eigenvalue weighted by molar-refractivity contribution is -0.114. The normalized spacial score (nSPS) is 11.3. The maximum absolute atomic E-state index is 13.1. The lowest BCUT2D eigenvalue weighted by Crippen LogP contribution is -2.19. The van der Waals surface area contributed by atoms with Crippen LogP contribution in [0.4, 0.5) is 17.1 Å². The largest absolute Gasteiger partial charge is 0.494 e. The van der Waals surface area contributed by atoms with Crippen molar-refractivity contribution in [2.45, 2.75) is 44.7 Å². The number of ether oxygens (including phenoxy) is 4. The molecule has 0 saturated heterocycles. The average molecular weight is 1280 g/mol. The minimum atomic E-state index is -4.01. The molecular formula is C55H63BrClN13O12S2. The molecule has 0 bridgehead atoms. The second-order valence-electron chi connectivity index (χ2n) is 19.0. The SMILES string of the molecule is CC(=O)Nc1cc2c(cc1Br)n(C)c(=O)n2C.CCOc1cccc(Oc2cc3c(cc2N)n(C)c(=O)n3C)c1.CCOc1cccc(Oc2cc3c(cc2NS(=O)(=O)c2cn(C)c(C)n2)n(C)c(=O)n3C)c1.Cc1nc(S(=O)(=O)Cl)cn1C. The summed E-state index contributed by atoms with van der Waals surface area (Å²) in [4.78, 5) is 55.1. The minimum absolute atomic E-state index is 0.0909. The van der Waals surface area contributed by atoms with Crippen LogP contribution in [-0.2, 0) is 80.3 Å². The molecule has 25 nitrogen and oxygen atoms in total. The maximum Gasteiger partial charge on any atom is 0.328 e. The van der Waals surface area contributed by atoms with Crippen LogP contribution < -0.4 is 51.8 Å². The molecule has 0 atom stereocenters. The molecule has 84 heavy (non-hydrogen) atoms. The van der Waals surface area contributed by atoms with Crippen LogP contribution in [-0.4, -0.2) is 82.5 Å². The molecule has 446 valence electrons. The zero-order chi connectivity index (χ0) is 61.9. The minimum Gasteiger partial charge on any atom is -0.494 e. The number of rotatable bonds is 13. The number of aryl methyl sites for hydroxylation is 10. The van der Waals surface area contributed by atoms with Gasteiger partial charge < -0.3 is 39.1 Å². The van der Waals surface area contributed by atoms with E-state index in [0.717, 1.165) is 32.3 Å². The standard InChI is InChI=1S/C22H25N5O5S.C17H19N3O3.C11H12BrN3O2.C5H7ClN2O2S/c1-6-31-15-8-7-9-16(10-15)32-20-12-19-18(26(4)22(28)27(19)5)11-17(20)24-33(29,30)21-13-25(3)14(2)23-21;1-4-22-11-6-5-7-12(8-11)23-16-10-15-14(9-13(16)18)19(2)17(21)20(15)3;1-6(16)13-8-5-10-9(4-7(8)12)14(2)11(17)15(10)3;1-4-7-5(3-8(4)2)11(6,9)10/h7-13,24H,6H2,1-5H3;5-10H,4,18H2,1-3H3;4-5H,1-3H3,(H,13,16);3H,1-2H3. The number of benzene rings is 5. The number of nitrogens with two attached hydrogens (primary N) is 1. The number of hydrogen-bond acceptors (Lipinski definition) is 15. The number of hydrogen-bond donors (Lipinski definition) is 3. The summed E-state index contributed by atoms with van der Waals surface area (Å²) in [6.07, 6.45) is 2.80. The van der Waals surface area contributed by atoms with E-state index in [1.54, 1.807) is 158 Å². The summed E-state index contributed by atoms with van der Waals surface area (Å²) in [5, 5.41) is 2.50. The van der Waals surface area contributed by atoms with Crippen molar-refractivity contribution >= 4 is 102 Å². The summed E-state index contributed by atoms with van der Waals surface area (Å²) in [7, 11) is 10.9. The summed E-state index contributed by atoms with van der Waals surface area (Å²) < 4.78 is 86.1. The highest BCUT2D eigenvalue weighted by molar-refractivity contribution is 9.10. The van der Waals surface area contributed by atoms with E-state index in [9.17, 15) is 36.0 Å². The van der Waals surface area contributed by atoms with Gasteiger partial charge in [-0.1, -0.05) is 12.1 Å². The van der Waals surface area contributed by atoms with E-state index in [1.165, 1.54) is 28.5 Å². The summed E-state index contributed by atoms with van der Waals surface area (Å²) >= 11 is 3.37. The van der Waals surface area contributed by atoms with Gasteiger partial charge in [0.05, 0.1) is 63.4 Å². The van der Waals surface area contributed by atoms with Crippen molar-refractivity contribution in [3.8, 4) is 34.5 Å². The van der Waals surface area contributed by atoms with Gasteiger partial charge in [-0.25, -0.2) is 32.8 Å². The third-order valence-corrected chi connectivity index (χ3v) is 16.1. The van der Waals surface area contributed by atoms with Crippen molar-refractivity contribution in [3.63, 3.8) is 0 Å². The second kappa shape index (κ2) is 25.4. The first kappa shape index (κ1) is 62.9. The number of carbonyl (C=O) groups is 1. The Bertz CT molecular complexity index is 4530. The highest BCUT2D eigenvalue weighted by Gasteiger charge is 2.24. The van der Waals surface area contributed by atoms with Crippen LogP contribution in [0.1, 0.15) is 32.4 Å². The Balaban J connectivity index is 0.000000173. The molecule has 0 radical (unpaired) electrons. The Morgan fingerprint density at radius 3 is 1.36 bits per heavy atom. The molecule has 5 heterocycles. The molecule has 10 aromatic rings. The highest BCUT2D eigenvalue weighted by atomic mass is 79.9. The fourth-order valence-electron chi connectivity index (χ4n) is 8.46. The third kappa shape index (κ3) is 13.8. The Morgan fingerprint density at radius 1 is 0.571 bits per heavy atom. The molecule has 0 aliphatic carbocycles. The maximum atomic E-state index is 13.1. The van der Waals surface area contributed by atoms with E-state index in [4.69, 9.17) is 35.4 Å². The number of fused-ring (bicyclic) bond motifs is 3. The van der Waals surface area contributed by atoms with E-state index < -0.39 is 19.1 Å². The lowest BCUT2D eigenvalue weighted by atomic mass is 10.2. The summed E-state index contributed by atoms with van der Waals surface area (Å²) in [5.74, 6) is 4.20. The van der Waals surface area contributed by atoms with Crippen molar-refractivity contribution in [2.75, 3.05) is 29.0 Å². The van der Waals surface area contributed by atoms with E-state index in [-0.39, 0.29) is 44.5 Å². The summed E-state index contributed by atoms with van der Waals surface area (Å²) in [6.45, 7) is 9.75. The van der Waals surface area contributed by atoms with Gasteiger partial charge in [0.2, 0.25) is 5.91 Å². The van der Waals surface area contributed by atoms with Gasteiger partial charge in [0, 0.05) is 115 Å². The Labute approximate surface area is 495 Å².